The Balaban J connectivity index is 1.64. The molecular weight excluding hydrogens is 395 g/mol. The number of para-hydroxylation sites is 2. The molecule has 0 saturated heterocycles. The van der Waals surface area contributed by atoms with Gasteiger partial charge in [0.05, 0.1) is 31.0 Å². The van der Waals surface area contributed by atoms with Crippen LogP contribution in [0.4, 0.5) is 10.3 Å². The fourth-order valence-corrected chi connectivity index (χ4v) is 3.97. The molecule has 150 valence electrons. The maximum Gasteiger partial charge on any atom is 0.216 e. The average Bonchev–Trinajstić information content (AvgIpc) is 3.12. The van der Waals surface area contributed by atoms with Crippen LogP contribution in [-0.2, 0) is 4.74 Å². The number of nitrogens with one attached hydrogen (secondary N) is 1. The first-order valence-electron chi connectivity index (χ1n) is 9.37. The number of aromatic nitrogens is 2. The Morgan fingerprint density at radius 3 is 2.97 bits per heavy atom. The van der Waals surface area contributed by atoms with Crippen LogP contribution in [0, 0.1) is 5.82 Å². The summed E-state index contributed by atoms with van der Waals surface area (Å²) in [6.07, 6.45) is -0.477. The number of hydrogen-bond donors (Lipinski definition) is 1. The second-order valence-electron chi connectivity index (χ2n) is 7.06. The van der Waals surface area contributed by atoms with E-state index in [-0.39, 0.29) is 5.82 Å². The van der Waals surface area contributed by atoms with Crippen molar-refractivity contribution in [2.45, 2.75) is 6.17 Å². The summed E-state index contributed by atoms with van der Waals surface area (Å²) >= 11 is 5.97. The normalized spacial score (nSPS) is 18.9. The minimum Gasteiger partial charge on any atom is -0.383 e. The van der Waals surface area contributed by atoms with Gasteiger partial charge in [-0.2, -0.15) is 0 Å². The summed E-state index contributed by atoms with van der Waals surface area (Å²) in [4.78, 5) is 13.7. The van der Waals surface area contributed by atoms with E-state index >= 15 is 0 Å². The summed E-state index contributed by atoms with van der Waals surface area (Å²) in [7, 11) is 1.69. The number of ether oxygens (including phenoxy) is 1. The second kappa shape index (κ2) is 7.29. The maximum atomic E-state index is 14.8. The number of halogens is 2. The van der Waals surface area contributed by atoms with E-state index in [4.69, 9.17) is 21.3 Å². The van der Waals surface area contributed by atoms with Crippen molar-refractivity contribution >= 4 is 34.5 Å². The first-order chi connectivity index (χ1) is 14.2. The summed E-state index contributed by atoms with van der Waals surface area (Å²) in [5, 5.41) is 3.77. The molecule has 2 aliphatic heterocycles. The topological polar surface area (TPSA) is 57.9 Å². The molecule has 1 unspecified atom stereocenters. The predicted octanol–water partition coefficient (Wildman–Crippen LogP) is 3.02. The summed E-state index contributed by atoms with van der Waals surface area (Å²) in [6, 6.07) is 12.6. The van der Waals surface area contributed by atoms with E-state index in [1.54, 1.807) is 19.2 Å². The summed E-state index contributed by atoms with van der Waals surface area (Å²) < 4.78 is 22.0. The third kappa shape index (κ3) is 3.13. The Kier molecular flexibility index (Phi) is 4.61. The Labute approximate surface area is 172 Å². The van der Waals surface area contributed by atoms with Gasteiger partial charge >= 0.3 is 0 Å². The zero-order chi connectivity index (χ0) is 20.0. The van der Waals surface area contributed by atoms with Crippen LogP contribution in [-0.4, -0.2) is 54.0 Å². The molecule has 7 nitrogen and oxygen atoms in total. The number of hydrogen-bond acceptors (Lipinski definition) is 6. The van der Waals surface area contributed by atoms with Gasteiger partial charge in [-0.1, -0.05) is 29.8 Å². The van der Waals surface area contributed by atoms with Gasteiger partial charge in [-0.15, -0.1) is 0 Å². The Bertz CT molecular complexity index is 1100. The van der Waals surface area contributed by atoms with Gasteiger partial charge in [0.15, 0.2) is 0 Å². The van der Waals surface area contributed by atoms with E-state index in [0.29, 0.717) is 36.5 Å². The van der Waals surface area contributed by atoms with Gasteiger partial charge in [0, 0.05) is 24.2 Å². The van der Waals surface area contributed by atoms with E-state index < -0.39 is 6.17 Å². The molecule has 0 fully saturated rings. The van der Waals surface area contributed by atoms with Gasteiger partial charge in [-0.25, -0.2) is 14.4 Å². The maximum absolute atomic E-state index is 14.8. The summed E-state index contributed by atoms with van der Waals surface area (Å²) in [5.74, 6) is 1.04. The molecule has 0 aliphatic carbocycles. The van der Waals surface area contributed by atoms with Crippen molar-refractivity contribution in [3.63, 3.8) is 0 Å². The van der Waals surface area contributed by atoms with Crippen LogP contribution in [0.15, 0.2) is 47.5 Å². The van der Waals surface area contributed by atoms with Gasteiger partial charge in [0.25, 0.3) is 0 Å². The molecule has 3 heterocycles. The Morgan fingerprint density at radius 2 is 2.14 bits per heavy atom. The van der Waals surface area contributed by atoms with E-state index in [9.17, 15) is 4.39 Å². The lowest BCUT2D eigenvalue weighted by atomic mass is 10.1. The molecule has 1 aromatic heterocycles. The monoisotopic (exact) mass is 414 g/mol. The zero-order valence-electron chi connectivity index (χ0n) is 15.8. The first-order valence-corrected chi connectivity index (χ1v) is 9.75. The highest BCUT2D eigenvalue weighted by Crippen LogP contribution is 2.35. The van der Waals surface area contributed by atoms with E-state index in [2.05, 4.69) is 15.2 Å². The molecule has 29 heavy (non-hydrogen) atoms. The molecule has 2 aliphatic rings. The molecular formula is C20H20ClFN6O. The second-order valence-corrected chi connectivity index (χ2v) is 7.50. The van der Waals surface area contributed by atoms with Crippen LogP contribution < -0.4 is 10.2 Å². The molecule has 3 aromatic rings. The van der Waals surface area contributed by atoms with Crippen LogP contribution in [0.25, 0.3) is 11.0 Å². The van der Waals surface area contributed by atoms with Crippen molar-refractivity contribution < 1.29 is 9.13 Å². The number of methoxy groups -OCH3 is 1. The highest BCUT2D eigenvalue weighted by atomic mass is 35.5. The van der Waals surface area contributed by atoms with Crippen molar-refractivity contribution in [3.05, 3.63) is 58.9 Å². The molecule has 0 bridgehead atoms. The fourth-order valence-electron chi connectivity index (χ4n) is 3.81. The number of guanidine groups is 1. The average molecular weight is 415 g/mol. The largest absolute Gasteiger partial charge is 0.383 e. The molecule has 0 amide bonds. The number of anilines is 1. The molecule has 0 radical (unpaired) electrons. The smallest absolute Gasteiger partial charge is 0.216 e. The highest BCUT2D eigenvalue weighted by molar-refractivity contribution is 6.30. The minimum absolute atomic E-state index is 0.364. The predicted molar refractivity (Wildman–Crippen MR) is 111 cm³/mol. The number of rotatable bonds is 4. The number of aliphatic imine (C=N–C) groups is 1. The molecule has 2 aromatic carbocycles. The number of imidazole rings is 1. The number of benzene rings is 2. The van der Waals surface area contributed by atoms with Crippen LogP contribution in [0.3, 0.4) is 0 Å². The lowest BCUT2D eigenvalue weighted by Crippen LogP contribution is -2.57. The van der Waals surface area contributed by atoms with Gasteiger partial charge in [-0.3, -0.25) is 14.4 Å². The molecule has 1 N–H and O–H groups in total. The number of nitrogens with zero attached hydrogens (tertiary/aromatic N) is 5. The van der Waals surface area contributed by atoms with Crippen LogP contribution >= 0.6 is 11.6 Å². The highest BCUT2D eigenvalue weighted by Gasteiger charge is 2.36. The summed E-state index contributed by atoms with van der Waals surface area (Å²) in [5.41, 5.74) is 2.25. The lowest BCUT2D eigenvalue weighted by molar-refractivity contribution is 0.147. The van der Waals surface area contributed by atoms with Crippen molar-refractivity contribution in [1.82, 2.24) is 19.8 Å². The molecule has 5 rings (SSSR count). The SMILES string of the molecule is COCCN1CN=C2NC(c3ccc(Cl)cc3F)n3c(nc4ccccc43)N2C1. The quantitative estimate of drug-likeness (QED) is 0.711. The molecule has 0 saturated carbocycles. The minimum atomic E-state index is -0.477. The summed E-state index contributed by atoms with van der Waals surface area (Å²) in [6.45, 7) is 2.55. The van der Waals surface area contributed by atoms with Gasteiger partial charge in [-0.05, 0) is 24.3 Å². The van der Waals surface area contributed by atoms with Crippen LogP contribution in [0.5, 0.6) is 0 Å². The zero-order valence-corrected chi connectivity index (χ0v) is 16.6. The lowest BCUT2D eigenvalue weighted by Gasteiger charge is -2.41. The van der Waals surface area contributed by atoms with E-state index in [0.717, 1.165) is 23.5 Å². The molecule has 1 atom stereocenters. The Morgan fingerprint density at radius 1 is 1.28 bits per heavy atom. The van der Waals surface area contributed by atoms with Crippen molar-refractivity contribution in [1.29, 1.82) is 0 Å². The van der Waals surface area contributed by atoms with Crippen molar-refractivity contribution in [3.8, 4) is 0 Å². The van der Waals surface area contributed by atoms with E-state index in [1.165, 1.54) is 6.07 Å². The first kappa shape index (κ1) is 18.4. The van der Waals surface area contributed by atoms with Gasteiger partial charge in [0.2, 0.25) is 11.9 Å². The molecule has 9 heteroatoms. The van der Waals surface area contributed by atoms with E-state index in [1.807, 2.05) is 33.7 Å². The standard InChI is InChI=1S/C20H20ClFN6O/c1-29-9-8-26-11-23-19-25-18(14-7-6-13(21)10-15(14)22)28-17-5-3-2-4-16(17)24-20(28)27(19)12-26/h2-7,10,18H,8-9,11-12H2,1H3,(H,23,25). The molecule has 0 spiro atoms. The number of fused-ring (bicyclic) bond motifs is 5. The Hall–Kier alpha value is -2.68. The van der Waals surface area contributed by atoms with Gasteiger partial charge in [0.1, 0.15) is 12.0 Å². The van der Waals surface area contributed by atoms with Gasteiger partial charge < -0.3 is 10.1 Å². The van der Waals surface area contributed by atoms with Crippen LogP contribution in [0.2, 0.25) is 5.02 Å². The van der Waals surface area contributed by atoms with Crippen molar-refractivity contribution in [2.24, 2.45) is 4.99 Å². The third-order valence-electron chi connectivity index (χ3n) is 5.23. The van der Waals surface area contributed by atoms with Crippen molar-refractivity contribution in [2.75, 3.05) is 38.5 Å². The van der Waals surface area contributed by atoms with Crippen LogP contribution in [0.1, 0.15) is 11.7 Å². The third-order valence-corrected chi connectivity index (χ3v) is 5.46. The fraction of sp³-hybridized carbons (Fsp3) is 0.300.